The van der Waals surface area contributed by atoms with Crippen molar-refractivity contribution in [3.8, 4) is 11.3 Å². The standard InChI is InChI=1S/C28H36N8O/c1-16(2)25-26(21-14-36-28(29-15-30-36)18(4)17(21)3)31-22-7-8-23(32-27(22)25)34-12-20-11-19(34)13-35(20)24(37)9-10-33(5)6/h7-8,14-16,19-20,31H,9-13H2,1-6H3/t19-,20-/m0/s1. The van der Waals surface area contributed by atoms with Crippen LogP contribution in [0.3, 0.4) is 0 Å². The average molecular weight is 501 g/mol. The van der Waals surface area contributed by atoms with Gasteiger partial charge in [-0.05, 0) is 63.5 Å². The van der Waals surface area contributed by atoms with Gasteiger partial charge in [-0.15, -0.1) is 0 Å². The molecule has 2 bridgehead atoms. The summed E-state index contributed by atoms with van der Waals surface area (Å²) in [7, 11) is 4.03. The molecule has 2 atom stereocenters. The Morgan fingerprint density at radius 3 is 2.68 bits per heavy atom. The minimum atomic E-state index is 0.275. The van der Waals surface area contributed by atoms with Crippen LogP contribution in [-0.4, -0.2) is 86.1 Å². The Labute approximate surface area is 217 Å². The Hall–Kier alpha value is -3.46. The van der Waals surface area contributed by atoms with Crippen molar-refractivity contribution >= 4 is 28.4 Å². The molecule has 1 N–H and O–H groups in total. The number of pyridine rings is 2. The molecule has 2 fully saturated rings. The van der Waals surface area contributed by atoms with E-state index in [2.05, 4.69) is 75.8 Å². The van der Waals surface area contributed by atoms with Crippen molar-refractivity contribution in [3.63, 3.8) is 0 Å². The van der Waals surface area contributed by atoms with E-state index in [4.69, 9.17) is 4.98 Å². The number of rotatable bonds is 6. The Morgan fingerprint density at radius 2 is 1.97 bits per heavy atom. The molecule has 0 spiro atoms. The van der Waals surface area contributed by atoms with E-state index >= 15 is 0 Å². The van der Waals surface area contributed by atoms with Gasteiger partial charge in [-0.2, -0.15) is 5.10 Å². The molecule has 0 radical (unpaired) electrons. The van der Waals surface area contributed by atoms with E-state index in [1.807, 2.05) is 18.6 Å². The third-order valence-corrected chi connectivity index (χ3v) is 8.27. The number of amides is 1. The Morgan fingerprint density at radius 1 is 1.16 bits per heavy atom. The summed E-state index contributed by atoms with van der Waals surface area (Å²) in [6.07, 6.45) is 5.29. The smallest absolute Gasteiger partial charge is 0.224 e. The number of hydrogen-bond acceptors (Lipinski definition) is 6. The van der Waals surface area contributed by atoms with E-state index in [1.165, 1.54) is 11.1 Å². The number of carbonyl (C=O) groups is 1. The number of aromatic nitrogens is 5. The molecule has 0 aliphatic carbocycles. The summed E-state index contributed by atoms with van der Waals surface area (Å²) in [5, 5.41) is 4.40. The summed E-state index contributed by atoms with van der Waals surface area (Å²) in [6, 6.07) is 4.90. The van der Waals surface area contributed by atoms with Crippen molar-refractivity contribution in [1.82, 2.24) is 34.4 Å². The number of carbonyl (C=O) groups excluding carboxylic acids is 1. The van der Waals surface area contributed by atoms with Gasteiger partial charge in [-0.3, -0.25) is 4.79 Å². The summed E-state index contributed by atoms with van der Waals surface area (Å²) in [5.74, 6) is 1.57. The summed E-state index contributed by atoms with van der Waals surface area (Å²) in [5.41, 5.74) is 8.76. The molecule has 4 aromatic rings. The third kappa shape index (κ3) is 3.87. The van der Waals surface area contributed by atoms with Gasteiger partial charge in [0, 0.05) is 43.4 Å². The number of hydrogen-bond donors (Lipinski definition) is 1. The van der Waals surface area contributed by atoms with Crippen LogP contribution < -0.4 is 4.90 Å². The fraction of sp³-hybridized carbons (Fsp3) is 0.500. The van der Waals surface area contributed by atoms with Gasteiger partial charge < -0.3 is 19.7 Å². The number of aryl methyl sites for hydroxylation is 1. The maximum atomic E-state index is 12.8. The maximum absolute atomic E-state index is 12.8. The number of fused-ring (bicyclic) bond motifs is 4. The van der Waals surface area contributed by atoms with Crippen molar-refractivity contribution in [2.75, 3.05) is 38.6 Å². The summed E-state index contributed by atoms with van der Waals surface area (Å²) >= 11 is 0. The van der Waals surface area contributed by atoms with Gasteiger partial charge in [0.2, 0.25) is 5.91 Å². The first kappa shape index (κ1) is 23.9. The van der Waals surface area contributed by atoms with Crippen molar-refractivity contribution in [2.24, 2.45) is 0 Å². The number of nitrogens with zero attached hydrogens (tertiary/aromatic N) is 7. The largest absolute Gasteiger partial charge is 0.353 e. The molecule has 6 heterocycles. The molecule has 194 valence electrons. The third-order valence-electron chi connectivity index (χ3n) is 8.27. The van der Waals surface area contributed by atoms with Crippen LogP contribution in [0.5, 0.6) is 0 Å². The summed E-state index contributed by atoms with van der Waals surface area (Å²) in [6.45, 7) is 11.2. The Kier molecular flexibility index (Phi) is 5.71. The van der Waals surface area contributed by atoms with E-state index in [-0.39, 0.29) is 17.9 Å². The molecular formula is C28H36N8O. The second-order valence-electron chi connectivity index (χ2n) is 11.3. The number of anilines is 1. The second kappa shape index (κ2) is 8.83. The number of nitrogens with one attached hydrogen (secondary N) is 1. The van der Waals surface area contributed by atoms with Crippen molar-refractivity contribution in [3.05, 3.63) is 41.3 Å². The average Bonchev–Trinajstić information content (AvgIpc) is 3.65. The van der Waals surface area contributed by atoms with Gasteiger partial charge >= 0.3 is 0 Å². The van der Waals surface area contributed by atoms with E-state index in [1.54, 1.807) is 6.33 Å². The lowest BCUT2D eigenvalue weighted by molar-refractivity contribution is -0.132. The van der Waals surface area contributed by atoms with Crippen LogP contribution in [0.4, 0.5) is 5.82 Å². The first-order chi connectivity index (χ1) is 17.7. The SMILES string of the molecule is Cc1c(-c2[nH]c3ccc(N4C[C@@H]5C[C@H]4CN5C(=O)CCN(C)C)nc3c2C(C)C)cn2ncnc2c1C. The van der Waals surface area contributed by atoms with E-state index in [0.29, 0.717) is 12.5 Å². The molecule has 1 amide bonds. The fourth-order valence-corrected chi connectivity index (χ4v) is 6.18. The zero-order chi connectivity index (χ0) is 26.0. The zero-order valence-corrected chi connectivity index (χ0v) is 22.6. The minimum absolute atomic E-state index is 0.275. The molecule has 9 heteroatoms. The highest BCUT2D eigenvalue weighted by Crippen LogP contribution is 2.39. The molecule has 9 nitrogen and oxygen atoms in total. The summed E-state index contributed by atoms with van der Waals surface area (Å²) < 4.78 is 1.86. The first-order valence-electron chi connectivity index (χ1n) is 13.3. The molecule has 2 aliphatic heterocycles. The molecule has 0 saturated carbocycles. The molecule has 2 saturated heterocycles. The molecule has 37 heavy (non-hydrogen) atoms. The zero-order valence-electron chi connectivity index (χ0n) is 22.6. The Bertz CT molecular complexity index is 1500. The molecule has 2 aliphatic rings. The van der Waals surface area contributed by atoms with Gasteiger partial charge in [0.15, 0.2) is 5.65 Å². The number of likely N-dealkylation sites (tertiary alicyclic amines) is 1. The van der Waals surface area contributed by atoms with Crippen LogP contribution in [0.1, 0.15) is 49.3 Å². The van der Waals surface area contributed by atoms with E-state index < -0.39 is 0 Å². The fourth-order valence-electron chi connectivity index (χ4n) is 6.18. The van der Waals surface area contributed by atoms with Crippen molar-refractivity contribution in [1.29, 1.82) is 0 Å². The quantitative estimate of drug-likeness (QED) is 0.434. The predicted octanol–water partition coefficient (Wildman–Crippen LogP) is 3.75. The van der Waals surface area contributed by atoms with Crippen LogP contribution in [0, 0.1) is 13.8 Å². The first-order valence-corrected chi connectivity index (χ1v) is 13.3. The van der Waals surface area contributed by atoms with Crippen molar-refractivity contribution in [2.45, 2.75) is 58.5 Å². The lowest BCUT2D eigenvalue weighted by atomic mass is 9.95. The Balaban J connectivity index is 1.34. The molecule has 6 rings (SSSR count). The van der Waals surface area contributed by atoms with Crippen LogP contribution in [0.25, 0.3) is 27.9 Å². The van der Waals surface area contributed by atoms with E-state index in [9.17, 15) is 4.79 Å². The number of piperazine rings is 1. The highest BCUT2D eigenvalue weighted by Gasteiger charge is 2.45. The maximum Gasteiger partial charge on any atom is 0.224 e. The van der Waals surface area contributed by atoms with Gasteiger partial charge in [0.25, 0.3) is 0 Å². The molecule has 0 unspecified atom stereocenters. The van der Waals surface area contributed by atoms with E-state index in [0.717, 1.165) is 65.4 Å². The second-order valence-corrected chi connectivity index (χ2v) is 11.3. The normalized spacial score (nSPS) is 19.5. The molecule has 0 aromatic carbocycles. The molecule has 4 aromatic heterocycles. The van der Waals surface area contributed by atoms with Crippen LogP contribution >= 0.6 is 0 Å². The van der Waals surface area contributed by atoms with Gasteiger partial charge in [-0.25, -0.2) is 14.5 Å². The lowest BCUT2D eigenvalue weighted by Gasteiger charge is -2.35. The number of H-pyrrole nitrogens is 1. The predicted molar refractivity (Wildman–Crippen MR) is 146 cm³/mol. The van der Waals surface area contributed by atoms with Gasteiger partial charge in [0.1, 0.15) is 12.1 Å². The van der Waals surface area contributed by atoms with Crippen molar-refractivity contribution < 1.29 is 4.79 Å². The van der Waals surface area contributed by atoms with Crippen LogP contribution in [-0.2, 0) is 4.79 Å². The van der Waals surface area contributed by atoms with Gasteiger partial charge in [0.05, 0.1) is 28.8 Å². The highest BCUT2D eigenvalue weighted by atomic mass is 16.2. The monoisotopic (exact) mass is 500 g/mol. The minimum Gasteiger partial charge on any atom is -0.353 e. The molecular weight excluding hydrogens is 464 g/mol. The topological polar surface area (TPSA) is 85.7 Å². The number of aromatic amines is 1. The van der Waals surface area contributed by atoms with Gasteiger partial charge in [-0.1, -0.05) is 13.8 Å². The summed E-state index contributed by atoms with van der Waals surface area (Å²) in [4.78, 5) is 32.7. The highest BCUT2D eigenvalue weighted by molar-refractivity contribution is 5.90. The lowest BCUT2D eigenvalue weighted by Crippen LogP contribution is -2.49. The van der Waals surface area contributed by atoms with Crippen LogP contribution in [0.2, 0.25) is 0 Å². The van der Waals surface area contributed by atoms with Crippen LogP contribution in [0.15, 0.2) is 24.7 Å².